The Morgan fingerprint density at radius 3 is 2.27 bits per heavy atom. The predicted octanol–water partition coefficient (Wildman–Crippen LogP) is 1.14. The molecule has 0 aliphatic carbocycles. The van der Waals surface area contributed by atoms with Crippen LogP contribution in [0.4, 0.5) is 0 Å². The van der Waals surface area contributed by atoms with E-state index in [9.17, 15) is 9.59 Å². The van der Waals surface area contributed by atoms with Gasteiger partial charge in [0.05, 0.1) is 7.11 Å². The van der Waals surface area contributed by atoms with E-state index in [-0.39, 0.29) is 12.2 Å². The maximum Gasteiger partial charge on any atom is 0.334 e. The minimum atomic E-state index is -1.51. The van der Waals surface area contributed by atoms with Crippen molar-refractivity contribution in [2.24, 2.45) is 0 Å². The summed E-state index contributed by atoms with van der Waals surface area (Å²) in [6, 6.07) is 0. The van der Waals surface area contributed by atoms with Crippen molar-refractivity contribution >= 4 is 23.4 Å². The van der Waals surface area contributed by atoms with Crippen molar-refractivity contribution < 1.29 is 14.3 Å². The van der Waals surface area contributed by atoms with Gasteiger partial charge in [-0.2, -0.15) is 0 Å². The van der Waals surface area contributed by atoms with Gasteiger partial charge in [-0.1, -0.05) is 18.5 Å². The SMILES string of the molecule is CCC(=O)C(C)(Cl)C(=O)OC. The van der Waals surface area contributed by atoms with Crippen LogP contribution in [0.15, 0.2) is 0 Å². The molecule has 0 radical (unpaired) electrons. The summed E-state index contributed by atoms with van der Waals surface area (Å²) in [5.74, 6) is -1.03. The van der Waals surface area contributed by atoms with Crippen LogP contribution in [0.25, 0.3) is 0 Å². The van der Waals surface area contributed by atoms with Gasteiger partial charge in [0, 0.05) is 6.42 Å². The molecule has 0 aromatic carbocycles. The van der Waals surface area contributed by atoms with Crippen molar-refractivity contribution in [3.8, 4) is 0 Å². The fourth-order valence-electron chi connectivity index (χ4n) is 0.637. The normalized spacial score (nSPS) is 15.3. The summed E-state index contributed by atoms with van der Waals surface area (Å²) in [7, 11) is 1.20. The summed E-state index contributed by atoms with van der Waals surface area (Å²) >= 11 is 5.61. The highest BCUT2D eigenvalue weighted by atomic mass is 35.5. The number of halogens is 1. The standard InChI is InChI=1S/C7H11ClO3/c1-4-5(9)7(2,8)6(10)11-3/h4H2,1-3H3. The average molecular weight is 179 g/mol. The molecule has 0 bridgehead atoms. The quantitative estimate of drug-likeness (QED) is 0.370. The summed E-state index contributed by atoms with van der Waals surface area (Å²) in [6.45, 7) is 2.98. The van der Waals surface area contributed by atoms with Gasteiger partial charge in [0.15, 0.2) is 10.7 Å². The second kappa shape index (κ2) is 3.72. The van der Waals surface area contributed by atoms with Gasteiger partial charge >= 0.3 is 5.97 Å². The monoisotopic (exact) mass is 178 g/mol. The summed E-state index contributed by atoms with van der Waals surface area (Å²) < 4.78 is 4.35. The molecule has 0 aliphatic heterocycles. The number of esters is 1. The van der Waals surface area contributed by atoms with E-state index in [0.717, 1.165) is 0 Å². The van der Waals surface area contributed by atoms with E-state index in [0.29, 0.717) is 0 Å². The lowest BCUT2D eigenvalue weighted by Crippen LogP contribution is -2.38. The number of methoxy groups -OCH3 is 1. The zero-order chi connectivity index (χ0) is 9.07. The first-order valence-electron chi connectivity index (χ1n) is 3.27. The summed E-state index contributed by atoms with van der Waals surface area (Å²) in [5, 5.41) is 0. The molecule has 0 aromatic rings. The minimum absolute atomic E-state index is 0.231. The highest BCUT2D eigenvalue weighted by Crippen LogP contribution is 2.18. The molecule has 4 heteroatoms. The average Bonchev–Trinajstić information content (AvgIpc) is 2.01. The van der Waals surface area contributed by atoms with Gasteiger partial charge in [-0.25, -0.2) is 4.79 Å². The van der Waals surface area contributed by atoms with E-state index >= 15 is 0 Å². The molecule has 1 atom stereocenters. The van der Waals surface area contributed by atoms with Crippen molar-refractivity contribution in [1.82, 2.24) is 0 Å². The molecule has 0 aliphatic rings. The number of hydrogen-bond acceptors (Lipinski definition) is 3. The van der Waals surface area contributed by atoms with E-state index in [1.807, 2.05) is 0 Å². The lowest BCUT2D eigenvalue weighted by Gasteiger charge is -2.15. The Hall–Kier alpha value is -0.570. The summed E-state index contributed by atoms with van der Waals surface area (Å²) in [5.41, 5.74) is 0. The molecule has 1 unspecified atom stereocenters. The van der Waals surface area contributed by atoms with Crippen molar-refractivity contribution in [3.05, 3.63) is 0 Å². The van der Waals surface area contributed by atoms with Gasteiger partial charge in [-0.15, -0.1) is 0 Å². The molecule has 0 N–H and O–H groups in total. The second-order valence-electron chi connectivity index (χ2n) is 2.27. The number of alkyl halides is 1. The van der Waals surface area contributed by atoms with Gasteiger partial charge in [0.2, 0.25) is 0 Å². The zero-order valence-electron chi connectivity index (χ0n) is 6.81. The topological polar surface area (TPSA) is 43.4 Å². The van der Waals surface area contributed by atoms with Crippen LogP contribution in [0, 0.1) is 0 Å². The molecule has 3 nitrogen and oxygen atoms in total. The van der Waals surface area contributed by atoms with E-state index in [1.165, 1.54) is 14.0 Å². The van der Waals surface area contributed by atoms with Crippen molar-refractivity contribution in [3.63, 3.8) is 0 Å². The van der Waals surface area contributed by atoms with Crippen LogP contribution < -0.4 is 0 Å². The number of carbonyl (C=O) groups is 2. The van der Waals surface area contributed by atoms with Crippen LogP contribution in [0.5, 0.6) is 0 Å². The molecule has 0 amide bonds. The number of hydrogen-bond donors (Lipinski definition) is 0. The van der Waals surface area contributed by atoms with Crippen LogP contribution >= 0.6 is 11.6 Å². The molecule has 0 heterocycles. The first-order valence-corrected chi connectivity index (χ1v) is 3.65. The van der Waals surface area contributed by atoms with Crippen molar-refractivity contribution in [2.45, 2.75) is 25.1 Å². The van der Waals surface area contributed by atoms with Crippen LogP contribution in [-0.2, 0) is 14.3 Å². The van der Waals surface area contributed by atoms with Crippen LogP contribution in [0.1, 0.15) is 20.3 Å². The number of ether oxygens (including phenoxy) is 1. The molecule has 11 heavy (non-hydrogen) atoms. The van der Waals surface area contributed by atoms with Gasteiger partial charge in [0.25, 0.3) is 0 Å². The van der Waals surface area contributed by atoms with E-state index in [2.05, 4.69) is 4.74 Å². The lowest BCUT2D eigenvalue weighted by molar-refractivity contribution is -0.146. The fraction of sp³-hybridized carbons (Fsp3) is 0.714. The Kier molecular flexibility index (Phi) is 3.52. The number of ketones is 1. The Morgan fingerprint density at radius 1 is 1.55 bits per heavy atom. The molecular weight excluding hydrogens is 168 g/mol. The van der Waals surface area contributed by atoms with E-state index in [1.54, 1.807) is 6.92 Å². The van der Waals surface area contributed by atoms with Crippen LogP contribution in [-0.4, -0.2) is 23.7 Å². The maximum absolute atomic E-state index is 11.0. The molecule has 0 rings (SSSR count). The highest BCUT2D eigenvalue weighted by Gasteiger charge is 2.38. The largest absolute Gasteiger partial charge is 0.467 e. The Bertz CT molecular complexity index is 157. The summed E-state index contributed by atoms with van der Waals surface area (Å²) in [4.78, 5) is 20.3. The smallest absolute Gasteiger partial charge is 0.334 e. The Labute approximate surface area is 70.7 Å². The Morgan fingerprint density at radius 2 is 2.00 bits per heavy atom. The number of rotatable bonds is 3. The van der Waals surface area contributed by atoms with Gasteiger partial charge < -0.3 is 4.74 Å². The van der Waals surface area contributed by atoms with Gasteiger partial charge in [-0.05, 0) is 6.92 Å². The molecule has 0 spiro atoms. The number of Topliss-reactive ketones (excluding diaryl/α,β-unsaturated/α-hetero) is 1. The first kappa shape index (κ1) is 10.4. The first-order chi connectivity index (χ1) is 4.96. The maximum atomic E-state index is 11.0. The lowest BCUT2D eigenvalue weighted by atomic mass is 10.0. The molecular formula is C7H11ClO3. The second-order valence-corrected chi connectivity index (χ2v) is 3.03. The summed E-state index contributed by atoms with van der Waals surface area (Å²) in [6.07, 6.45) is 0.231. The molecule has 0 saturated heterocycles. The van der Waals surface area contributed by atoms with Crippen LogP contribution in [0.3, 0.4) is 0 Å². The van der Waals surface area contributed by atoms with E-state index in [4.69, 9.17) is 11.6 Å². The molecule has 0 aromatic heterocycles. The van der Waals surface area contributed by atoms with Crippen molar-refractivity contribution in [1.29, 1.82) is 0 Å². The minimum Gasteiger partial charge on any atom is -0.467 e. The van der Waals surface area contributed by atoms with Crippen LogP contribution in [0.2, 0.25) is 0 Å². The van der Waals surface area contributed by atoms with Crippen molar-refractivity contribution in [2.75, 3.05) is 7.11 Å². The van der Waals surface area contributed by atoms with Gasteiger partial charge in [0.1, 0.15) is 0 Å². The molecule has 0 fully saturated rings. The highest BCUT2D eigenvalue weighted by molar-refractivity contribution is 6.45. The third-order valence-corrected chi connectivity index (χ3v) is 1.78. The predicted molar refractivity (Wildman–Crippen MR) is 41.6 cm³/mol. The molecule has 64 valence electrons. The fourth-order valence-corrected chi connectivity index (χ4v) is 0.848. The van der Waals surface area contributed by atoms with Gasteiger partial charge in [-0.3, -0.25) is 4.79 Å². The van der Waals surface area contributed by atoms with E-state index < -0.39 is 10.8 Å². The third kappa shape index (κ3) is 2.19. The zero-order valence-corrected chi connectivity index (χ0v) is 7.57. The molecule has 0 saturated carbocycles. The Balaban J connectivity index is 4.44. The number of carbonyl (C=O) groups excluding carboxylic acids is 2. The third-order valence-electron chi connectivity index (χ3n) is 1.41.